The third kappa shape index (κ3) is 3.79. The maximum absolute atomic E-state index is 12.2. The minimum absolute atomic E-state index is 0.128. The first kappa shape index (κ1) is 15.7. The Labute approximate surface area is 140 Å². The van der Waals surface area contributed by atoms with Gasteiger partial charge in [-0.2, -0.15) is 0 Å². The molecular weight excluding hydrogens is 300 g/mol. The summed E-state index contributed by atoms with van der Waals surface area (Å²) in [5, 5.41) is 2.79. The molecule has 1 heterocycles. The Morgan fingerprint density at radius 1 is 0.875 bits per heavy atom. The van der Waals surface area contributed by atoms with Crippen molar-refractivity contribution >= 4 is 5.91 Å². The summed E-state index contributed by atoms with van der Waals surface area (Å²) in [6.07, 6.45) is 0.729. The number of hydrogen-bond donors (Lipinski definition) is 2. The number of nitrogens with one attached hydrogen (secondary N) is 2. The van der Waals surface area contributed by atoms with E-state index in [0.29, 0.717) is 12.2 Å². The second-order valence-corrected chi connectivity index (χ2v) is 5.47. The highest BCUT2D eigenvalue weighted by atomic mass is 16.2. The SMILES string of the molecule is O=C(NCCc1ccccc1)c1ccc(-c2ccccc2)[nH]c1=O. The highest BCUT2D eigenvalue weighted by Gasteiger charge is 2.10. The van der Waals surface area contributed by atoms with Crippen LogP contribution in [0.2, 0.25) is 0 Å². The molecule has 0 fully saturated rings. The average molecular weight is 318 g/mol. The van der Waals surface area contributed by atoms with Crippen molar-refractivity contribution in [2.75, 3.05) is 6.54 Å². The van der Waals surface area contributed by atoms with E-state index in [0.717, 1.165) is 17.5 Å². The van der Waals surface area contributed by atoms with E-state index in [4.69, 9.17) is 0 Å². The van der Waals surface area contributed by atoms with Crippen LogP contribution in [0, 0.1) is 0 Å². The number of H-pyrrole nitrogens is 1. The van der Waals surface area contributed by atoms with Crippen molar-refractivity contribution in [3.8, 4) is 11.3 Å². The van der Waals surface area contributed by atoms with Crippen LogP contribution < -0.4 is 10.9 Å². The molecule has 2 aromatic carbocycles. The molecule has 1 amide bonds. The molecule has 3 rings (SSSR count). The molecule has 0 saturated heterocycles. The molecule has 0 aliphatic carbocycles. The van der Waals surface area contributed by atoms with Gasteiger partial charge in [-0.3, -0.25) is 9.59 Å². The van der Waals surface area contributed by atoms with Gasteiger partial charge < -0.3 is 10.3 Å². The predicted octanol–water partition coefficient (Wildman–Crippen LogP) is 3.01. The Morgan fingerprint density at radius 2 is 1.54 bits per heavy atom. The van der Waals surface area contributed by atoms with Crippen LogP contribution in [0.5, 0.6) is 0 Å². The molecule has 0 saturated carbocycles. The molecule has 0 radical (unpaired) electrons. The van der Waals surface area contributed by atoms with Crippen molar-refractivity contribution in [3.05, 3.63) is 94.3 Å². The first-order valence-electron chi connectivity index (χ1n) is 7.85. The number of carbonyl (C=O) groups excluding carboxylic acids is 1. The Bertz CT molecular complexity index is 871. The van der Waals surface area contributed by atoms with Gasteiger partial charge in [-0.1, -0.05) is 60.7 Å². The normalized spacial score (nSPS) is 10.3. The molecule has 0 aliphatic heterocycles. The van der Waals surface area contributed by atoms with Crippen LogP contribution in [-0.4, -0.2) is 17.4 Å². The number of carbonyl (C=O) groups is 1. The van der Waals surface area contributed by atoms with E-state index in [1.165, 1.54) is 0 Å². The molecule has 0 aliphatic rings. The summed E-state index contributed by atoms with van der Waals surface area (Å²) in [6, 6.07) is 22.7. The Hall–Kier alpha value is -3.14. The number of pyridine rings is 1. The summed E-state index contributed by atoms with van der Waals surface area (Å²) < 4.78 is 0. The van der Waals surface area contributed by atoms with Gasteiger partial charge >= 0.3 is 0 Å². The van der Waals surface area contributed by atoms with Crippen LogP contribution >= 0.6 is 0 Å². The fourth-order valence-electron chi connectivity index (χ4n) is 2.50. The summed E-state index contributed by atoms with van der Waals surface area (Å²) in [5.74, 6) is -0.355. The van der Waals surface area contributed by atoms with Gasteiger partial charge in [0.25, 0.3) is 11.5 Å². The molecule has 0 bridgehead atoms. The monoisotopic (exact) mass is 318 g/mol. The molecule has 4 heteroatoms. The van der Waals surface area contributed by atoms with Crippen LogP contribution in [0.15, 0.2) is 77.6 Å². The maximum atomic E-state index is 12.2. The fourth-order valence-corrected chi connectivity index (χ4v) is 2.50. The number of aromatic nitrogens is 1. The summed E-state index contributed by atoms with van der Waals surface area (Å²) in [4.78, 5) is 27.1. The van der Waals surface area contributed by atoms with Crippen LogP contribution in [0.4, 0.5) is 0 Å². The number of amides is 1. The first-order chi connectivity index (χ1) is 11.7. The van der Waals surface area contributed by atoms with E-state index in [-0.39, 0.29) is 17.0 Å². The van der Waals surface area contributed by atoms with Crippen molar-refractivity contribution in [2.24, 2.45) is 0 Å². The van der Waals surface area contributed by atoms with Crippen LogP contribution in [-0.2, 0) is 6.42 Å². The van der Waals surface area contributed by atoms with E-state index in [1.54, 1.807) is 12.1 Å². The zero-order chi connectivity index (χ0) is 16.8. The Morgan fingerprint density at radius 3 is 2.21 bits per heavy atom. The second kappa shape index (κ2) is 7.42. The standard InChI is InChI=1S/C20H18N2O2/c23-19(21-14-13-15-7-3-1-4-8-15)17-11-12-18(22-20(17)24)16-9-5-2-6-10-16/h1-12H,13-14H2,(H,21,23)(H,22,24). The van der Waals surface area contributed by atoms with Gasteiger partial charge in [0.15, 0.2) is 0 Å². The van der Waals surface area contributed by atoms with Crippen molar-refractivity contribution in [3.63, 3.8) is 0 Å². The summed E-state index contributed by atoms with van der Waals surface area (Å²) in [5.41, 5.74) is 2.49. The Kier molecular flexibility index (Phi) is 4.87. The zero-order valence-electron chi connectivity index (χ0n) is 13.2. The van der Waals surface area contributed by atoms with Gasteiger partial charge in [0.2, 0.25) is 0 Å². The number of aromatic amines is 1. The second-order valence-electron chi connectivity index (χ2n) is 5.47. The summed E-state index contributed by atoms with van der Waals surface area (Å²) >= 11 is 0. The average Bonchev–Trinajstić information content (AvgIpc) is 2.63. The fraction of sp³-hybridized carbons (Fsp3) is 0.100. The zero-order valence-corrected chi connectivity index (χ0v) is 13.2. The minimum atomic E-state index is -0.381. The molecule has 2 N–H and O–H groups in total. The maximum Gasteiger partial charge on any atom is 0.261 e. The third-order valence-electron chi connectivity index (χ3n) is 3.78. The van der Waals surface area contributed by atoms with Crippen LogP contribution in [0.3, 0.4) is 0 Å². The van der Waals surface area contributed by atoms with Gasteiger partial charge in [0, 0.05) is 12.2 Å². The molecule has 120 valence electrons. The van der Waals surface area contributed by atoms with Crippen molar-refractivity contribution < 1.29 is 4.79 Å². The molecule has 3 aromatic rings. The Balaban J connectivity index is 1.66. The van der Waals surface area contributed by atoms with Crippen molar-refractivity contribution in [1.29, 1.82) is 0 Å². The van der Waals surface area contributed by atoms with E-state index in [1.807, 2.05) is 60.7 Å². The lowest BCUT2D eigenvalue weighted by atomic mass is 10.1. The topological polar surface area (TPSA) is 62.0 Å². The molecule has 4 nitrogen and oxygen atoms in total. The molecule has 24 heavy (non-hydrogen) atoms. The van der Waals surface area contributed by atoms with E-state index < -0.39 is 0 Å². The number of rotatable bonds is 5. The predicted molar refractivity (Wildman–Crippen MR) is 95.0 cm³/mol. The lowest BCUT2D eigenvalue weighted by Crippen LogP contribution is -2.31. The quantitative estimate of drug-likeness (QED) is 0.759. The number of hydrogen-bond acceptors (Lipinski definition) is 2. The lowest BCUT2D eigenvalue weighted by molar-refractivity contribution is 0.0952. The molecule has 0 unspecified atom stereocenters. The minimum Gasteiger partial charge on any atom is -0.352 e. The van der Waals surface area contributed by atoms with Crippen LogP contribution in [0.1, 0.15) is 15.9 Å². The van der Waals surface area contributed by atoms with Gasteiger partial charge in [0.05, 0.1) is 0 Å². The molecule has 0 spiro atoms. The van der Waals surface area contributed by atoms with Gasteiger partial charge in [-0.25, -0.2) is 0 Å². The number of benzene rings is 2. The lowest BCUT2D eigenvalue weighted by Gasteiger charge is -2.06. The van der Waals surface area contributed by atoms with E-state index in [2.05, 4.69) is 10.3 Å². The van der Waals surface area contributed by atoms with Crippen molar-refractivity contribution in [2.45, 2.75) is 6.42 Å². The molecular formula is C20H18N2O2. The van der Waals surface area contributed by atoms with E-state index >= 15 is 0 Å². The molecule has 0 atom stereocenters. The summed E-state index contributed by atoms with van der Waals surface area (Å²) in [7, 11) is 0. The van der Waals surface area contributed by atoms with E-state index in [9.17, 15) is 9.59 Å². The first-order valence-corrected chi connectivity index (χ1v) is 7.85. The van der Waals surface area contributed by atoms with Gasteiger partial charge in [0.1, 0.15) is 5.56 Å². The molecule has 1 aromatic heterocycles. The van der Waals surface area contributed by atoms with Crippen LogP contribution in [0.25, 0.3) is 11.3 Å². The van der Waals surface area contributed by atoms with Gasteiger partial charge in [-0.15, -0.1) is 0 Å². The highest BCUT2D eigenvalue weighted by Crippen LogP contribution is 2.14. The highest BCUT2D eigenvalue weighted by molar-refractivity contribution is 5.94. The van der Waals surface area contributed by atoms with Crippen molar-refractivity contribution in [1.82, 2.24) is 10.3 Å². The largest absolute Gasteiger partial charge is 0.352 e. The smallest absolute Gasteiger partial charge is 0.261 e. The third-order valence-corrected chi connectivity index (χ3v) is 3.78. The summed E-state index contributed by atoms with van der Waals surface area (Å²) in [6.45, 7) is 0.489. The van der Waals surface area contributed by atoms with Gasteiger partial charge in [-0.05, 0) is 29.7 Å².